The van der Waals surface area contributed by atoms with E-state index in [0.717, 1.165) is 11.1 Å². The Morgan fingerprint density at radius 3 is 2.58 bits per heavy atom. The van der Waals surface area contributed by atoms with E-state index in [2.05, 4.69) is 25.6 Å². The summed E-state index contributed by atoms with van der Waals surface area (Å²) in [5, 5.41) is 15.1. The van der Waals surface area contributed by atoms with Crippen LogP contribution in [0.3, 0.4) is 0 Å². The van der Waals surface area contributed by atoms with Gasteiger partial charge in [-0.1, -0.05) is 29.8 Å². The largest absolute Gasteiger partial charge is 0.497 e. The topological polar surface area (TPSA) is 130 Å². The molecule has 0 aliphatic heterocycles. The molecular formula is C26H21ClN6O3. The Bertz CT molecular complexity index is 1460. The third kappa shape index (κ3) is 5.74. The molecule has 0 bridgehead atoms. The van der Waals surface area contributed by atoms with Gasteiger partial charge < -0.3 is 15.4 Å². The number of hydrogen-bond donors (Lipinski definition) is 2. The first-order valence-electron chi connectivity index (χ1n) is 10.9. The summed E-state index contributed by atoms with van der Waals surface area (Å²) in [5.74, 6) is -1.45. The quantitative estimate of drug-likeness (QED) is 0.378. The van der Waals surface area contributed by atoms with E-state index in [4.69, 9.17) is 16.3 Å². The van der Waals surface area contributed by atoms with Crippen LogP contribution in [0.25, 0.3) is 11.0 Å². The first-order chi connectivity index (χ1) is 17.5. The fraction of sp³-hybridized carbons (Fsp3) is 0.154. The molecule has 0 aliphatic carbocycles. The highest BCUT2D eigenvalue weighted by atomic mass is 35.5. The molecule has 4 aromatic rings. The molecule has 10 heteroatoms. The normalized spacial score (nSPS) is 11.4. The number of rotatable bonds is 8. The zero-order valence-corrected chi connectivity index (χ0v) is 20.0. The number of amides is 2. The lowest BCUT2D eigenvalue weighted by Crippen LogP contribution is -2.29. The van der Waals surface area contributed by atoms with E-state index in [0.29, 0.717) is 28.9 Å². The Kier molecular flexibility index (Phi) is 7.68. The van der Waals surface area contributed by atoms with Gasteiger partial charge in [0.05, 0.1) is 24.2 Å². The summed E-state index contributed by atoms with van der Waals surface area (Å²) >= 11 is 6.32. The molecule has 0 spiro atoms. The molecule has 0 radical (unpaired) electrons. The van der Waals surface area contributed by atoms with Crippen LogP contribution < -0.4 is 15.4 Å². The number of benzene rings is 2. The Labute approximate surface area is 212 Å². The van der Waals surface area contributed by atoms with Crippen LogP contribution in [0.1, 0.15) is 33.1 Å². The Hall–Kier alpha value is -4.55. The molecule has 2 aromatic heterocycles. The number of methoxy groups -OCH3 is 1. The van der Waals surface area contributed by atoms with Gasteiger partial charge in [0.1, 0.15) is 11.4 Å². The van der Waals surface area contributed by atoms with Gasteiger partial charge in [-0.25, -0.2) is 9.97 Å². The highest BCUT2D eigenvalue weighted by Gasteiger charge is 2.26. The summed E-state index contributed by atoms with van der Waals surface area (Å²) < 4.78 is 5.18. The highest BCUT2D eigenvalue weighted by molar-refractivity contribution is 6.30. The predicted molar refractivity (Wildman–Crippen MR) is 133 cm³/mol. The summed E-state index contributed by atoms with van der Waals surface area (Å²) in [7, 11) is 1.56. The molecule has 1 atom stereocenters. The van der Waals surface area contributed by atoms with Crippen LogP contribution in [0.4, 0.5) is 0 Å². The fourth-order valence-electron chi connectivity index (χ4n) is 3.48. The standard InChI is InChI=1S/C26H21ClN6O3/c1-36-19-6-2-4-16(10-19)14-31-26(35)20(12-28)23-24(27)33-22-11-18(7-8-21(22)32-23)25(34)30-15-17-5-3-9-29-13-17/h2-11,13,20H,14-15H2,1H3,(H,30,34)(H,31,35). The molecule has 2 aromatic carbocycles. The van der Waals surface area contributed by atoms with Gasteiger partial charge in [-0.05, 0) is 47.5 Å². The number of hydrogen-bond acceptors (Lipinski definition) is 7. The second kappa shape index (κ2) is 11.3. The average molecular weight is 501 g/mol. The summed E-state index contributed by atoms with van der Waals surface area (Å²) in [6.45, 7) is 0.523. The Balaban J connectivity index is 1.49. The molecule has 1 unspecified atom stereocenters. The minimum atomic E-state index is -1.26. The monoisotopic (exact) mass is 500 g/mol. The van der Waals surface area contributed by atoms with E-state index in [-0.39, 0.29) is 23.3 Å². The van der Waals surface area contributed by atoms with Gasteiger partial charge in [-0.15, -0.1) is 0 Å². The van der Waals surface area contributed by atoms with Crippen LogP contribution in [0, 0.1) is 11.3 Å². The average Bonchev–Trinajstić information content (AvgIpc) is 2.91. The SMILES string of the molecule is COc1cccc(CNC(=O)C(C#N)c2nc3ccc(C(=O)NCc4cccnc4)cc3nc2Cl)c1. The van der Waals surface area contributed by atoms with Crippen molar-refractivity contribution in [3.05, 3.63) is 94.5 Å². The number of fused-ring (bicyclic) bond motifs is 1. The number of nitriles is 1. The van der Waals surface area contributed by atoms with Crippen molar-refractivity contribution >= 4 is 34.4 Å². The lowest BCUT2D eigenvalue weighted by atomic mass is 10.1. The number of aromatic nitrogens is 3. The molecule has 2 amide bonds. The number of carbonyl (C=O) groups is 2. The molecule has 0 fully saturated rings. The summed E-state index contributed by atoms with van der Waals surface area (Å²) in [6.07, 6.45) is 3.33. The maximum atomic E-state index is 12.8. The van der Waals surface area contributed by atoms with Gasteiger partial charge in [0, 0.05) is 31.0 Å². The van der Waals surface area contributed by atoms with Crippen LogP contribution in [-0.2, 0) is 17.9 Å². The molecule has 2 heterocycles. The molecule has 4 rings (SSSR count). The number of carbonyl (C=O) groups excluding carboxylic acids is 2. The zero-order chi connectivity index (χ0) is 25.5. The van der Waals surface area contributed by atoms with Gasteiger partial charge in [0.15, 0.2) is 11.1 Å². The molecule has 0 aliphatic rings. The zero-order valence-electron chi connectivity index (χ0n) is 19.2. The number of nitrogens with zero attached hydrogens (tertiary/aromatic N) is 4. The minimum absolute atomic E-state index is 0.0450. The lowest BCUT2D eigenvalue weighted by molar-refractivity contribution is -0.121. The molecular weight excluding hydrogens is 480 g/mol. The predicted octanol–water partition coefficient (Wildman–Crippen LogP) is 3.54. The molecule has 180 valence electrons. The van der Waals surface area contributed by atoms with Crippen LogP contribution in [0.2, 0.25) is 5.15 Å². The second-order valence-corrected chi connectivity index (χ2v) is 8.14. The Morgan fingerprint density at radius 2 is 1.83 bits per heavy atom. The molecule has 0 saturated heterocycles. The van der Waals surface area contributed by atoms with Crippen LogP contribution in [-0.4, -0.2) is 33.9 Å². The molecule has 9 nitrogen and oxygen atoms in total. The molecule has 36 heavy (non-hydrogen) atoms. The van der Waals surface area contributed by atoms with Crippen LogP contribution >= 0.6 is 11.6 Å². The van der Waals surface area contributed by atoms with Crippen molar-refractivity contribution in [2.75, 3.05) is 7.11 Å². The van der Waals surface area contributed by atoms with Crippen molar-refractivity contribution < 1.29 is 14.3 Å². The fourth-order valence-corrected chi connectivity index (χ4v) is 3.72. The van der Waals surface area contributed by atoms with E-state index in [9.17, 15) is 14.9 Å². The van der Waals surface area contributed by atoms with Gasteiger partial charge >= 0.3 is 0 Å². The van der Waals surface area contributed by atoms with Gasteiger partial charge in [0.25, 0.3) is 5.91 Å². The minimum Gasteiger partial charge on any atom is -0.497 e. The van der Waals surface area contributed by atoms with Crippen molar-refractivity contribution in [3.8, 4) is 11.8 Å². The Morgan fingerprint density at radius 1 is 1.03 bits per heavy atom. The van der Waals surface area contributed by atoms with Crippen LogP contribution in [0.15, 0.2) is 67.0 Å². The van der Waals surface area contributed by atoms with Gasteiger partial charge in [0.2, 0.25) is 5.91 Å². The van der Waals surface area contributed by atoms with Gasteiger partial charge in [-0.2, -0.15) is 5.26 Å². The summed E-state index contributed by atoms with van der Waals surface area (Å²) in [6, 6.07) is 17.6. The number of ether oxygens (including phenoxy) is 1. The molecule has 0 saturated carbocycles. The summed E-state index contributed by atoms with van der Waals surface area (Å²) in [4.78, 5) is 38.1. The first-order valence-corrected chi connectivity index (χ1v) is 11.3. The van der Waals surface area contributed by atoms with Crippen molar-refractivity contribution in [2.45, 2.75) is 19.0 Å². The highest BCUT2D eigenvalue weighted by Crippen LogP contribution is 2.25. The maximum Gasteiger partial charge on any atom is 0.251 e. The van der Waals surface area contributed by atoms with Gasteiger partial charge in [-0.3, -0.25) is 14.6 Å². The maximum absolute atomic E-state index is 12.8. The van der Waals surface area contributed by atoms with E-state index >= 15 is 0 Å². The first kappa shape index (κ1) is 24.6. The lowest BCUT2D eigenvalue weighted by Gasteiger charge is -2.13. The number of nitrogens with one attached hydrogen (secondary N) is 2. The van der Waals surface area contributed by atoms with E-state index in [1.54, 1.807) is 62.0 Å². The number of halogens is 1. The smallest absolute Gasteiger partial charge is 0.251 e. The van der Waals surface area contributed by atoms with Crippen molar-refractivity contribution in [3.63, 3.8) is 0 Å². The second-order valence-electron chi connectivity index (χ2n) is 7.78. The van der Waals surface area contributed by atoms with E-state index < -0.39 is 11.8 Å². The third-order valence-corrected chi connectivity index (χ3v) is 5.63. The van der Waals surface area contributed by atoms with Crippen molar-refractivity contribution in [1.82, 2.24) is 25.6 Å². The molecule has 2 N–H and O–H groups in total. The van der Waals surface area contributed by atoms with Crippen molar-refractivity contribution in [2.24, 2.45) is 0 Å². The number of pyridine rings is 1. The summed E-state index contributed by atoms with van der Waals surface area (Å²) in [5.41, 5.74) is 2.86. The van der Waals surface area contributed by atoms with E-state index in [1.807, 2.05) is 18.2 Å². The van der Waals surface area contributed by atoms with Crippen molar-refractivity contribution in [1.29, 1.82) is 5.26 Å². The van der Waals surface area contributed by atoms with Crippen LogP contribution in [0.5, 0.6) is 5.75 Å². The van der Waals surface area contributed by atoms with E-state index in [1.165, 1.54) is 0 Å². The third-order valence-electron chi connectivity index (χ3n) is 5.35.